The molecule has 6 N–H and O–H groups in total. The Hall–Kier alpha value is -1.77. The molecule has 26 heavy (non-hydrogen) atoms. The zero-order chi connectivity index (χ0) is 18.7. The zero-order valence-electron chi connectivity index (χ0n) is 14.8. The second-order valence-electron chi connectivity index (χ2n) is 6.57. The molecule has 3 rings (SSSR count). The quantitative estimate of drug-likeness (QED) is 0.709. The normalized spacial score (nSPS) is 16.7. The SMILES string of the molecule is CCC1(CN)CCN(c2cnc(Sc3ccnc(N)c3Cl)c(N)n2)CC1. The Morgan fingerprint density at radius 2 is 1.96 bits per heavy atom. The lowest BCUT2D eigenvalue weighted by atomic mass is 9.76. The molecule has 140 valence electrons. The molecule has 0 aliphatic carbocycles. The van der Waals surface area contributed by atoms with Crippen LogP contribution in [0.2, 0.25) is 5.02 Å². The van der Waals surface area contributed by atoms with Crippen molar-refractivity contribution >= 4 is 40.8 Å². The van der Waals surface area contributed by atoms with Crippen molar-refractivity contribution in [2.75, 3.05) is 36.0 Å². The summed E-state index contributed by atoms with van der Waals surface area (Å²) in [6.07, 6.45) is 6.59. The predicted molar refractivity (Wildman–Crippen MR) is 107 cm³/mol. The number of hydrogen-bond donors (Lipinski definition) is 3. The Bertz CT molecular complexity index is 772. The van der Waals surface area contributed by atoms with Crippen molar-refractivity contribution in [1.29, 1.82) is 0 Å². The summed E-state index contributed by atoms with van der Waals surface area (Å²) in [6.45, 7) is 4.77. The molecule has 0 bridgehead atoms. The maximum Gasteiger partial charge on any atom is 0.158 e. The number of hydrogen-bond acceptors (Lipinski definition) is 8. The molecule has 0 aromatic carbocycles. The molecular weight excluding hydrogens is 370 g/mol. The molecule has 2 aromatic heterocycles. The van der Waals surface area contributed by atoms with Gasteiger partial charge in [-0.15, -0.1) is 0 Å². The Morgan fingerprint density at radius 1 is 1.23 bits per heavy atom. The van der Waals surface area contributed by atoms with Crippen molar-refractivity contribution in [3.05, 3.63) is 23.5 Å². The van der Waals surface area contributed by atoms with E-state index in [1.807, 2.05) is 0 Å². The lowest BCUT2D eigenvalue weighted by Crippen LogP contribution is -2.44. The van der Waals surface area contributed by atoms with E-state index in [9.17, 15) is 0 Å². The molecule has 0 atom stereocenters. The van der Waals surface area contributed by atoms with Crippen molar-refractivity contribution in [2.45, 2.75) is 36.1 Å². The molecule has 0 spiro atoms. The summed E-state index contributed by atoms with van der Waals surface area (Å²) in [5.74, 6) is 1.46. The van der Waals surface area contributed by atoms with Gasteiger partial charge in [0.25, 0.3) is 0 Å². The van der Waals surface area contributed by atoms with Gasteiger partial charge in [0.05, 0.1) is 11.2 Å². The number of halogens is 1. The number of nitrogen functional groups attached to an aromatic ring is 2. The van der Waals surface area contributed by atoms with Gasteiger partial charge >= 0.3 is 0 Å². The van der Waals surface area contributed by atoms with Crippen LogP contribution in [-0.2, 0) is 0 Å². The van der Waals surface area contributed by atoms with Crippen LogP contribution < -0.4 is 22.1 Å². The van der Waals surface area contributed by atoms with E-state index in [4.69, 9.17) is 28.8 Å². The van der Waals surface area contributed by atoms with Crippen LogP contribution in [0.15, 0.2) is 28.4 Å². The van der Waals surface area contributed by atoms with Crippen LogP contribution >= 0.6 is 23.4 Å². The monoisotopic (exact) mass is 393 g/mol. The molecule has 0 amide bonds. The van der Waals surface area contributed by atoms with E-state index < -0.39 is 0 Å². The molecule has 1 aliphatic rings. The van der Waals surface area contributed by atoms with Gasteiger partial charge in [-0.3, -0.25) is 0 Å². The standard InChI is InChI=1S/C17H24ClN7S/c1-2-17(10-19)4-7-25(8-5-17)12-9-23-16(15(21)24-12)26-11-3-6-22-14(20)13(11)18/h3,6,9H,2,4-5,7-8,10,19H2,1H3,(H2,20,22)(H2,21,24). The van der Waals surface area contributed by atoms with E-state index in [1.165, 1.54) is 11.8 Å². The van der Waals surface area contributed by atoms with E-state index in [2.05, 4.69) is 26.8 Å². The summed E-state index contributed by atoms with van der Waals surface area (Å²) in [4.78, 5) is 16.0. The largest absolute Gasteiger partial charge is 0.382 e. The Labute approximate surface area is 162 Å². The number of nitrogens with two attached hydrogens (primary N) is 3. The molecular formula is C17H24ClN7S. The van der Waals surface area contributed by atoms with Crippen LogP contribution in [0.4, 0.5) is 17.5 Å². The first kappa shape index (κ1) is 19.0. The fourth-order valence-electron chi connectivity index (χ4n) is 3.15. The molecule has 0 radical (unpaired) electrons. The number of aromatic nitrogens is 3. The van der Waals surface area contributed by atoms with Crippen molar-refractivity contribution in [1.82, 2.24) is 15.0 Å². The fraction of sp³-hybridized carbons (Fsp3) is 0.471. The molecule has 3 heterocycles. The van der Waals surface area contributed by atoms with Crippen molar-refractivity contribution in [3.63, 3.8) is 0 Å². The predicted octanol–water partition coefficient (Wildman–Crippen LogP) is 2.80. The highest BCUT2D eigenvalue weighted by molar-refractivity contribution is 7.99. The molecule has 0 saturated carbocycles. The Balaban J connectivity index is 1.73. The molecule has 1 saturated heterocycles. The van der Waals surface area contributed by atoms with Gasteiger partial charge in [-0.05, 0) is 37.3 Å². The molecule has 0 unspecified atom stereocenters. The second kappa shape index (κ2) is 7.85. The van der Waals surface area contributed by atoms with Gasteiger partial charge in [0, 0.05) is 24.2 Å². The molecule has 9 heteroatoms. The van der Waals surface area contributed by atoms with Gasteiger partial charge in [0.15, 0.2) is 5.82 Å². The highest BCUT2D eigenvalue weighted by Crippen LogP contribution is 2.38. The van der Waals surface area contributed by atoms with E-state index in [0.29, 0.717) is 15.9 Å². The number of nitrogens with zero attached hydrogens (tertiary/aromatic N) is 4. The summed E-state index contributed by atoms with van der Waals surface area (Å²) in [5.41, 5.74) is 18.1. The van der Waals surface area contributed by atoms with Gasteiger partial charge < -0.3 is 22.1 Å². The van der Waals surface area contributed by atoms with Gasteiger partial charge in [0.2, 0.25) is 0 Å². The van der Waals surface area contributed by atoms with Crippen LogP contribution in [0.25, 0.3) is 0 Å². The number of pyridine rings is 1. The lowest BCUT2D eigenvalue weighted by molar-refractivity contribution is 0.218. The highest BCUT2D eigenvalue weighted by Gasteiger charge is 2.32. The number of piperidine rings is 1. The maximum absolute atomic E-state index is 6.19. The number of anilines is 3. The summed E-state index contributed by atoms with van der Waals surface area (Å²) >= 11 is 7.52. The van der Waals surface area contributed by atoms with Crippen molar-refractivity contribution in [2.24, 2.45) is 11.1 Å². The second-order valence-corrected chi connectivity index (χ2v) is 7.98. The third-order valence-corrected chi connectivity index (χ3v) is 6.75. The molecule has 1 fully saturated rings. The van der Waals surface area contributed by atoms with Crippen LogP contribution in [0, 0.1) is 5.41 Å². The first-order valence-electron chi connectivity index (χ1n) is 8.63. The third kappa shape index (κ3) is 3.82. The average Bonchev–Trinajstić information content (AvgIpc) is 2.67. The molecule has 2 aromatic rings. The maximum atomic E-state index is 6.19. The lowest BCUT2D eigenvalue weighted by Gasteiger charge is -2.41. The van der Waals surface area contributed by atoms with Gasteiger partial charge in [0.1, 0.15) is 16.7 Å². The van der Waals surface area contributed by atoms with Crippen LogP contribution in [0.3, 0.4) is 0 Å². The Morgan fingerprint density at radius 3 is 2.58 bits per heavy atom. The Kier molecular flexibility index (Phi) is 5.74. The summed E-state index contributed by atoms with van der Waals surface area (Å²) in [6, 6.07) is 1.78. The topological polar surface area (TPSA) is 120 Å². The van der Waals surface area contributed by atoms with Crippen molar-refractivity contribution < 1.29 is 0 Å². The van der Waals surface area contributed by atoms with E-state index in [-0.39, 0.29) is 11.2 Å². The first-order chi connectivity index (χ1) is 12.5. The average molecular weight is 394 g/mol. The van der Waals surface area contributed by atoms with Crippen LogP contribution in [-0.4, -0.2) is 34.6 Å². The van der Waals surface area contributed by atoms with Crippen LogP contribution in [0.1, 0.15) is 26.2 Å². The highest BCUT2D eigenvalue weighted by atomic mass is 35.5. The van der Waals surface area contributed by atoms with E-state index in [1.54, 1.807) is 18.5 Å². The van der Waals surface area contributed by atoms with Crippen LogP contribution in [0.5, 0.6) is 0 Å². The van der Waals surface area contributed by atoms with Gasteiger partial charge in [-0.25, -0.2) is 15.0 Å². The number of rotatable bonds is 5. The molecule has 7 nitrogen and oxygen atoms in total. The summed E-state index contributed by atoms with van der Waals surface area (Å²) in [5, 5.41) is 1.000. The smallest absolute Gasteiger partial charge is 0.158 e. The van der Waals surface area contributed by atoms with Gasteiger partial charge in [-0.2, -0.15) is 0 Å². The van der Waals surface area contributed by atoms with E-state index >= 15 is 0 Å². The first-order valence-corrected chi connectivity index (χ1v) is 9.83. The minimum absolute atomic E-state index is 0.253. The minimum Gasteiger partial charge on any atom is -0.382 e. The zero-order valence-corrected chi connectivity index (χ0v) is 16.4. The van der Waals surface area contributed by atoms with E-state index in [0.717, 1.165) is 49.6 Å². The van der Waals surface area contributed by atoms with Crippen molar-refractivity contribution in [3.8, 4) is 0 Å². The minimum atomic E-state index is 0.253. The summed E-state index contributed by atoms with van der Waals surface area (Å²) in [7, 11) is 0. The fourth-order valence-corrected chi connectivity index (χ4v) is 4.16. The summed E-state index contributed by atoms with van der Waals surface area (Å²) < 4.78 is 0. The molecule has 1 aliphatic heterocycles. The van der Waals surface area contributed by atoms with Gasteiger partial charge in [-0.1, -0.05) is 30.3 Å². The third-order valence-electron chi connectivity index (χ3n) is 5.17.